The van der Waals surface area contributed by atoms with Crippen molar-refractivity contribution < 1.29 is 28.4 Å². The summed E-state index contributed by atoms with van der Waals surface area (Å²) in [7, 11) is -4.16. The fourth-order valence-electron chi connectivity index (χ4n) is 0.607. The van der Waals surface area contributed by atoms with Gasteiger partial charge in [0.25, 0.3) is 0 Å². The maximum Gasteiger partial charge on any atom is 0.472 e. The minimum absolute atomic E-state index is 0.0899. The summed E-state index contributed by atoms with van der Waals surface area (Å²) >= 11 is 0. The van der Waals surface area contributed by atoms with Gasteiger partial charge in [-0.3, -0.25) is 13.8 Å². The molecule has 2 unspecified atom stereocenters. The Morgan fingerprint density at radius 1 is 1.53 bits per heavy atom. The minimum Gasteiger partial charge on any atom is -0.480 e. The summed E-state index contributed by atoms with van der Waals surface area (Å²) in [5, 5.41) is 8.38. The van der Waals surface area contributed by atoms with Crippen molar-refractivity contribution in [2.45, 2.75) is 25.8 Å². The van der Waals surface area contributed by atoms with Gasteiger partial charge in [-0.05, 0) is 6.42 Å². The first kappa shape index (κ1) is 14.5. The van der Waals surface area contributed by atoms with Gasteiger partial charge in [0.05, 0.1) is 13.2 Å². The van der Waals surface area contributed by atoms with Crippen molar-refractivity contribution in [1.29, 1.82) is 0 Å². The van der Waals surface area contributed by atoms with Crippen LogP contribution in [0.25, 0.3) is 0 Å². The second-order valence-corrected chi connectivity index (χ2v) is 4.35. The zero-order valence-electron chi connectivity index (χ0n) is 8.46. The van der Waals surface area contributed by atoms with Gasteiger partial charge in [-0.2, -0.15) is 0 Å². The normalized spacial score (nSPS) is 17.0. The second-order valence-electron chi connectivity index (χ2n) is 2.90. The molecule has 15 heavy (non-hydrogen) atoms. The summed E-state index contributed by atoms with van der Waals surface area (Å²) in [4.78, 5) is 19.3. The van der Waals surface area contributed by atoms with Crippen LogP contribution in [0, 0.1) is 0 Å². The zero-order valence-corrected chi connectivity index (χ0v) is 9.35. The highest BCUT2D eigenvalue weighted by Gasteiger charge is 2.23. The molecule has 4 N–H and O–H groups in total. The van der Waals surface area contributed by atoms with Crippen LogP contribution in [-0.4, -0.2) is 35.2 Å². The summed E-state index contributed by atoms with van der Waals surface area (Å²) in [6.07, 6.45) is 1.44. The topological polar surface area (TPSA) is 119 Å². The third kappa shape index (κ3) is 7.47. The molecule has 0 aromatic carbocycles. The Hall–Kier alpha value is -0.460. The molecule has 0 saturated carbocycles. The number of hydrogen-bond acceptors (Lipinski definition) is 5. The summed E-state index contributed by atoms with van der Waals surface area (Å²) in [5.41, 5.74) is 5.07. The quantitative estimate of drug-likeness (QED) is 0.413. The van der Waals surface area contributed by atoms with Crippen molar-refractivity contribution in [3.63, 3.8) is 0 Å². The van der Waals surface area contributed by atoms with Crippen LogP contribution in [0.2, 0.25) is 0 Å². The number of carboxylic acids is 1. The number of phosphoric ester groups is 1. The van der Waals surface area contributed by atoms with Gasteiger partial charge in [-0.15, -0.1) is 0 Å². The van der Waals surface area contributed by atoms with Gasteiger partial charge in [0.1, 0.15) is 6.04 Å². The first-order valence-corrected chi connectivity index (χ1v) is 5.99. The van der Waals surface area contributed by atoms with Crippen LogP contribution in [0.5, 0.6) is 0 Å². The number of carbonyl (C=O) groups is 1. The van der Waals surface area contributed by atoms with Gasteiger partial charge in [-0.1, -0.05) is 13.3 Å². The summed E-state index contributed by atoms with van der Waals surface area (Å²) < 4.78 is 20.0. The molecule has 0 aliphatic carbocycles. The number of aliphatic carboxylic acids is 1. The van der Waals surface area contributed by atoms with Gasteiger partial charge in [0, 0.05) is 0 Å². The Bertz CT molecular complexity index is 246. The lowest BCUT2D eigenvalue weighted by Crippen LogP contribution is -2.34. The molecular weight excluding hydrogens is 225 g/mol. The maximum absolute atomic E-state index is 11.1. The predicted molar refractivity (Wildman–Crippen MR) is 52.2 cm³/mol. The van der Waals surface area contributed by atoms with Crippen LogP contribution in [0.4, 0.5) is 0 Å². The summed E-state index contributed by atoms with van der Waals surface area (Å²) in [6.45, 7) is 1.43. The molecular formula is C7H16NO6P. The van der Waals surface area contributed by atoms with Gasteiger partial charge in [0.15, 0.2) is 0 Å². The van der Waals surface area contributed by atoms with E-state index in [-0.39, 0.29) is 6.61 Å². The third-order valence-electron chi connectivity index (χ3n) is 1.49. The summed E-state index contributed by atoms with van der Waals surface area (Å²) in [6, 6.07) is -1.33. The van der Waals surface area contributed by atoms with Gasteiger partial charge < -0.3 is 15.7 Å². The largest absolute Gasteiger partial charge is 0.480 e. The smallest absolute Gasteiger partial charge is 0.472 e. The molecule has 8 heteroatoms. The third-order valence-corrected chi connectivity index (χ3v) is 2.47. The molecule has 0 spiro atoms. The minimum atomic E-state index is -4.16. The highest BCUT2D eigenvalue weighted by atomic mass is 31.2. The van der Waals surface area contributed by atoms with E-state index in [9.17, 15) is 9.36 Å². The van der Waals surface area contributed by atoms with Crippen molar-refractivity contribution in [2.24, 2.45) is 5.73 Å². The highest BCUT2D eigenvalue weighted by molar-refractivity contribution is 7.47. The molecule has 0 aromatic heterocycles. The van der Waals surface area contributed by atoms with E-state index in [0.717, 1.165) is 6.42 Å². The molecule has 0 bridgehead atoms. The lowest BCUT2D eigenvalue weighted by atomic mass is 10.3. The molecule has 0 aliphatic rings. The molecule has 2 atom stereocenters. The second kappa shape index (κ2) is 6.92. The van der Waals surface area contributed by atoms with E-state index in [2.05, 4.69) is 9.05 Å². The van der Waals surface area contributed by atoms with Crippen molar-refractivity contribution >= 4 is 13.8 Å². The SMILES string of the molecule is CCCCOP(=O)(O)OCC(N)C(=O)O. The number of phosphoric acid groups is 1. The number of unbranched alkanes of at least 4 members (excludes halogenated alkanes) is 1. The van der Waals surface area contributed by atoms with Crippen molar-refractivity contribution in [1.82, 2.24) is 0 Å². The standard InChI is InChI=1S/C7H16NO6P/c1-2-3-4-13-15(11,12)14-5-6(8)7(9)10/h6H,2-5,8H2,1H3,(H,9,10)(H,11,12). The van der Waals surface area contributed by atoms with Gasteiger partial charge >= 0.3 is 13.8 Å². The molecule has 0 heterocycles. The van der Waals surface area contributed by atoms with Crippen molar-refractivity contribution in [2.75, 3.05) is 13.2 Å². The average Bonchev–Trinajstić information content (AvgIpc) is 2.14. The number of hydrogen-bond donors (Lipinski definition) is 3. The van der Waals surface area contributed by atoms with Crippen LogP contribution in [0.15, 0.2) is 0 Å². The monoisotopic (exact) mass is 241 g/mol. The Morgan fingerprint density at radius 3 is 2.60 bits per heavy atom. The van der Waals surface area contributed by atoms with Crippen LogP contribution in [0.3, 0.4) is 0 Å². The van der Waals surface area contributed by atoms with Crippen LogP contribution in [0.1, 0.15) is 19.8 Å². The molecule has 0 aromatic rings. The number of nitrogens with two attached hydrogens (primary N) is 1. The Labute approximate surface area is 87.8 Å². The van der Waals surface area contributed by atoms with Crippen molar-refractivity contribution in [3.05, 3.63) is 0 Å². The average molecular weight is 241 g/mol. The van der Waals surface area contributed by atoms with E-state index in [1.165, 1.54) is 0 Å². The summed E-state index contributed by atoms with van der Waals surface area (Å²) in [5.74, 6) is -1.30. The molecule has 0 radical (unpaired) electrons. The fraction of sp³-hybridized carbons (Fsp3) is 0.857. The molecule has 0 amide bonds. The Morgan fingerprint density at radius 2 is 2.13 bits per heavy atom. The maximum atomic E-state index is 11.1. The lowest BCUT2D eigenvalue weighted by Gasteiger charge is -2.13. The predicted octanol–water partition coefficient (Wildman–Crippen LogP) is 0.332. The van der Waals surface area contributed by atoms with Crippen molar-refractivity contribution in [3.8, 4) is 0 Å². The Balaban J connectivity index is 3.83. The van der Waals surface area contributed by atoms with E-state index < -0.39 is 26.4 Å². The fourth-order valence-corrected chi connectivity index (χ4v) is 1.39. The lowest BCUT2D eigenvalue weighted by molar-refractivity contribution is -0.139. The molecule has 90 valence electrons. The molecule has 0 rings (SSSR count). The van der Waals surface area contributed by atoms with Gasteiger partial charge in [0.2, 0.25) is 0 Å². The van der Waals surface area contributed by atoms with Crippen LogP contribution < -0.4 is 5.73 Å². The zero-order chi connectivity index (χ0) is 11.9. The van der Waals surface area contributed by atoms with E-state index in [4.69, 9.17) is 15.7 Å². The number of rotatable bonds is 8. The molecule has 0 saturated heterocycles. The van der Waals surface area contributed by atoms with Crippen LogP contribution >= 0.6 is 7.82 Å². The first-order chi connectivity index (χ1) is 6.89. The molecule has 0 fully saturated rings. The van der Waals surface area contributed by atoms with E-state index in [0.29, 0.717) is 6.42 Å². The van der Waals surface area contributed by atoms with E-state index in [1.54, 1.807) is 0 Å². The van der Waals surface area contributed by atoms with E-state index >= 15 is 0 Å². The van der Waals surface area contributed by atoms with Gasteiger partial charge in [-0.25, -0.2) is 4.57 Å². The van der Waals surface area contributed by atoms with E-state index in [1.807, 2.05) is 6.92 Å². The van der Waals surface area contributed by atoms with Crippen LogP contribution in [-0.2, 0) is 18.4 Å². The highest BCUT2D eigenvalue weighted by Crippen LogP contribution is 2.43. The Kier molecular flexibility index (Phi) is 6.71. The number of carboxylic acid groups (broad SMARTS) is 1. The molecule has 0 aliphatic heterocycles. The first-order valence-electron chi connectivity index (χ1n) is 4.49. The molecule has 7 nitrogen and oxygen atoms in total.